The van der Waals surface area contributed by atoms with Crippen LogP contribution in [0.1, 0.15) is 27.8 Å². The van der Waals surface area contributed by atoms with Crippen LogP contribution in [0.25, 0.3) is 72.8 Å². The first-order valence-corrected chi connectivity index (χ1v) is 21.1. The maximum atomic E-state index is 6.43. The summed E-state index contributed by atoms with van der Waals surface area (Å²) in [5.74, 6) is 2.85. The second kappa shape index (κ2) is 18.6. The average molecular weight is 832 g/mol. The van der Waals surface area contributed by atoms with Crippen molar-refractivity contribution in [1.82, 2.24) is 15.0 Å². The Bertz CT molecular complexity index is 3240. The number of fused-ring (bicyclic) bond motifs is 3. The molecule has 0 saturated carbocycles. The van der Waals surface area contributed by atoms with E-state index in [2.05, 4.69) is 73.7 Å². The number of allylic oxidation sites excluding steroid dienone is 4. The van der Waals surface area contributed by atoms with Gasteiger partial charge in [-0.3, -0.25) is 4.99 Å². The Balaban J connectivity index is 0.980. The number of aliphatic imine (C=N–C) groups is 2. The Morgan fingerprint density at radius 2 is 1.06 bits per heavy atom. The smallest absolute Gasteiger partial charge is 0.164 e. The van der Waals surface area contributed by atoms with Crippen molar-refractivity contribution in [2.45, 2.75) is 13.8 Å². The third-order valence-corrected chi connectivity index (χ3v) is 10.9. The zero-order valence-corrected chi connectivity index (χ0v) is 35.6. The number of hydrogen-bond acceptors (Lipinski definition) is 6. The van der Waals surface area contributed by atoms with Gasteiger partial charge in [0.2, 0.25) is 0 Å². The van der Waals surface area contributed by atoms with Gasteiger partial charge >= 0.3 is 0 Å². The van der Waals surface area contributed by atoms with E-state index in [1.165, 1.54) is 5.56 Å². The molecule has 0 atom stereocenters. The van der Waals surface area contributed by atoms with E-state index in [-0.39, 0.29) is 0 Å². The normalized spacial score (nSPS) is 12.6. The predicted octanol–water partition coefficient (Wildman–Crippen LogP) is 12.3. The lowest BCUT2D eigenvalue weighted by Gasteiger charge is -2.09. The number of hydrogen-bond donors (Lipinski definition) is 2. The Morgan fingerprint density at radius 3 is 1.70 bits per heavy atom. The van der Waals surface area contributed by atoms with Gasteiger partial charge in [0.1, 0.15) is 17.0 Å². The molecule has 2 heterocycles. The topological polar surface area (TPSA) is 129 Å². The van der Waals surface area contributed by atoms with Crippen LogP contribution < -0.4 is 11.5 Å². The van der Waals surface area contributed by atoms with E-state index < -0.39 is 0 Å². The summed E-state index contributed by atoms with van der Waals surface area (Å²) in [6, 6.07) is 57.0. The highest BCUT2D eigenvalue weighted by atomic mass is 16.3. The molecule has 7 aromatic carbocycles. The van der Waals surface area contributed by atoms with Crippen LogP contribution in [0.3, 0.4) is 0 Å². The van der Waals surface area contributed by atoms with E-state index in [1.807, 2.05) is 134 Å². The predicted molar refractivity (Wildman–Crippen MR) is 264 cm³/mol. The first-order chi connectivity index (χ1) is 31.4. The minimum Gasteiger partial charge on any atom is -0.456 e. The molecule has 0 spiro atoms. The zero-order chi connectivity index (χ0) is 43.8. The Labute approximate surface area is 372 Å². The fourth-order valence-corrected chi connectivity index (χ4v) is 7.41. The molecule has 0 saturated heterocycles. The van der Waals surface area contributed by atoms with Crippen LogP contribution in [0, 0.1) is 13.8 Å². The highest BCUT2D eigenvalue weighted by molar-refractivity contribution is 6.11. The molecule has 9 rings (SSSR count). The number of aromatic nitrogens is 3. The second-order valence-electron chi connectivity index (χ2n) is 15.4. The minimum absolute atomic E-state index is 0.402. The van der Waals surface area contributed by atoms with Gasteiger partial charge in [-0.2, -0.15) is 0 Å². The molecular formula is C56H45N7O. The van der Waals surface area contributed by atoms with Crippen LogP contribution in [0.2, 0.25) is 0 Å². The summed E-state index contributed by atoms with van der Waals surface area (Å²) in [6.07, 6.45) is 9.44. The lowest BCUT2D eigenvalue weighted by atomic mass is 9.99. The van der Waals surface area contributed by atoms with E-state index >= 15 is 0 Å². The molecule has 310 valence electrons. The average Bonchev–Trinajstić information content (AvgIpc) is 3.71. The van der Waals surface area contributed by atoms with Crippen LogP contribution in [0.15, 0.2) is 215 Å². The molecule has 8 heteroatoms. The summed E-state index contributed by atoms with van der Waals surface area (Å²) in [5.41, 5.74) is 24.9. The highest BCUT2D eigenvalue weighted by Gasteiger charge is 2.14. The summed E-state index contributed by atoms with van der Waals surface area (Å²) in [7, 11) is 0. The molecule has 0 radical (unpaired) electrons. The van der Waals surface area contributed by atoms with Gasteiger partial charge in [-0.05, 0) is 72.7 Å². The number of aryl methyl sites for hydroxylation is 2. The van der Waals surface area contributed by atoms with Crippen LogP contribution in [-0.4, -0.2) is 33.2 Å². The van der Waals surface area contributed by atoms with Crippen LogP contribution in [0.5, 0.6) is 0 Å². The Hall–Kier alpha value is -8.49. The molecule has 0 amide bonds. The summed E-state index contributed by atoms with van der Waals surface area (Å²) in [6.45, 7) is 4.52. The van der Waals surface area contributed by atoms with E-state index in [9.17, 15) is 0 Å². The maximum absolute atomic E-state index is 6.43. The standard InChI is InChI=1S/C56H45N7O/c1-37-16-20-41(21-17-37)52(58)60-53(42-12-5-3-6-13-42)59-34-10-9-11-39(32-33-57)46-28-30-50-48(35-46)49-36-47(29-31-51(49)64-50)40-24-26-45(27-25-40)56-62-54(43-14-7-4-8-15-43)61-55(63-56)44-22-18-38(2)19-23-44/h3-33,35-36H,34,57H2,1-2H3,(H2,58,59,60)/b10-9+,33-32-,39-11+. The van der Waals surface area contributed by atoms with Crippen molar-refractivity contribution in [1.29, 1.82) is 0 Å². The van der Waals surface area contributed by atoms with E-state index in [1.54, 1.807) is 6.20 Å². The zero-order valence-electron chi connectivity index (χ0n) is 35.6. The molecule has 0 fully saturated rings. The lowest BCUT2D eigenvalue weighted by Crippen LogP contribution is -2.16. The Kier molecular flexibility index (Phi) is 11.9. The number of nitrogens with zero attached hydrogens (tertiary/aromatic N) is 5. The van der Waals surface area contributed by atoms with Gasteiger partial charge in [-0.25, -0.2) is 19.9 Å². The van der Waals surface area contributed by atoms with Gasteiger partial charge in [-0.1, -0.05) is 175 Å². The largest absolute Gasteiger partial charge is 0.456 e. The van der Waals surface area contributed by atoms with Gasteiger partial charge in [0.25, 0.3) is 0 Å². The van der Waals surface area contributed by atoms with Crippen molar-refractivity contribution in [3.05, 3.63) is 228 Å². The van der Waals surface area contributed by atoms with Crippen molar-refractivity contribution >= 4 is 39.2 Å². The van der Waals surface area contributed by atoms with Crippen molar-refractivity contribution in [2.75, 3.05) is 6.54 Å². The van der Waals surface area contributed by atoms with Gasteiger partial charge in [0.15, 0.2) is 23.3 Å². The van der Waals surface area contributed by atoms with Crippen molar-refractivity contribution < 1.29 is 4.42 Å². The van der Waals surface area contributed by atoms with E-state index in [0.29, 0.717) is 35.7 Å². The van der Waals surface area contributed by atoms with Gasteiger partial charge in [0, 0.05) is 38.6 Å². The van der Waals surface area contributed by atoms with Gasteiger partial charge in [-0.15, -0.1) is 0 Å². The fraction of sp³-hybridized carbons (Fsp3) is 0.0536. The number of rotatable bonds is 11. The first kappa shape index (κ1) is 40.9. The third kappa shape index (κ3) is 9.22. The molecule has 0 aliphatic carbocycles. The monoisotopic (exact) mass is 831 g/mol. The quantitative estimate of drug-likeness (QED) is 0.0758. The van der Waals surface area contributed by atoms with E-state index in [0.717, 1.165) is 77.6 Å². The molecule has 0 aliphatic rings. The molecule has 64 heavy (non-hydrogen) atoms. The number of nitrogens with two attached hydrogens (primary N) is 2. The van der Waals surface area contributed by atoms with Crippen LogP contribution in [0.4, 0.5) is 0 Å². The van der Waals surface area contributed by atoms with Crippen molar-refractivity contribution in [2.24, 2.45) is 21.5 Å². The molecule has 0 bridgehead atoms. The van der Waals surface area contributed by atoms with Gasteiger partial charge < -0.3 is 15.9 Å². The first-order valence-electron chi connectivity index (χ1n) is 21.1. The third-order valence-electron chi connectivity index (χ3n) is 10.9. The molecule has 0 unspecified atom stereocenters. The number of furan rings is 1. The summed E-state index contributed by atoms with van der Waals surface area (Å²) < 4.78 is 6.32. The van der Waals surface area contributed by atoms with E-state index in [4.69, 9.17) is 40.8 Å². The minimum atomic E-state index is 0.402. The number of amidine groups is 2. The summed E-state index contributed by atoms with van der Waals surface area (Å²) >= 11 is 0. The maximum Gasteiger partial charge on any atom is 0.164 e. The highest BCUT2D eigenvalue weighted by Crippen LogP contribution is 2.35. The lowest BCUT2D eigenvalue weighted by molar-refractivity contribution is 0.669. The summed E-state index contributed by atoms with van der Waals surface area (Å²) in [5, 5.41) is 2.03. The molecule has 8 nitrogen and oxygen atoms in total. The second-order valence-corrected chi connectivity index (χ2v) is 15.4. The molecule has 2 aromatic heterocycles. The van der Waals surface area contributed by atoms with Gasteiger partial charge in [0.05, 0.1) is 6.54 Å². The SMILES string of the molecule is Cc1ccc(C(N)=NC(=NC/C=C/C=C(\C=C/N)c2ccc3oc4ccc(-c5ccc(-c6nc(-c7ccccc7)nc(-c7ccc(C)cc7)n6)cc5)cc4c3c2)c2ccccc2)cc1. The van der Waals surface area contributed by atoms with Crippen LogP contribution >= 0.6 is 0 Å². The molecule has 0 aliphatic heterocycles. The van der Waals surface area contributed by atoms with Crippen LogP contribution in [-0.2, 0) is 0 Å². The Morgan fingerprint density at radius 1 is 0.547 bits per heavy atom. The van der Waals surface area contributed by atoms with Crippen molar-refractivity contribution in [3.8, 4) is 45.3 Å². The van der Waals surface area contributed by atoms with Crippen molar-refractivity contribution in [3.63, 3.8) is 0 Å². The molecule has 4 N–H and O–H groups in total. The molecular weight excluding hydrogens is 787 g/mol. The summed E-state index contributed by atoms with van der Waals surface area (Å²) in [4.78, 5) is 24.3. The fourth-order valence-electron chi connectivity index (χ4n) is 7.41. The number of benzene rings is 7. The molecule has 9 aromatic rings.